The molecule has 3 rings (SSSR count). The normalized spacial score (nSPS) is 13.9. The second kappa shape index (κ2) is 6.22. The molecule has 2 aromatic rings. The van der Waals surface area contributed by atoms with Crippen LogP contribution < -0.4 is 14.8 Å². The highest BCUT2D eigenvalue weighted by Gasteiger charge is 2.17. The minimum Gasteiger partial charge on any atom is -0.454 e. The number of amides is 1. The summed E-state index contributed by atoms with van der Waals surface area (Å²) in [7, 11) is 1.73. The lowest BCUT2D eigenvalue weighted by Crippen LogP contribution is -2.28. The zero-order valence-corrected chi connectivity index (χ0v) is 13.0. The predicted molar refractivity (Wildman–Crippen MR) is 78.6 cm³/mol. The van der Waals surface area contributed by atoms with Crippen molar-refractivity contribution in [1.29, 1.82) is 0 Å². The first-order valence-corrected chi connectivity index (χ1v) is 7.66. The molecular formula is C13H15N5O3S. The number of aryl methyl sites for hydroxylation is 1. The average Bonchev–Trinajstić information content (AvgIpc) is 3.12. The van der Waals surface area contributed by atoms with Crippen molar-refractivity contribution in [2.75, 3.05) is 12.5 Å². The van der Waals surface area contributed by atoms with Gasteiger partial charge < -0.3 is 14.8 Å². The smallest absolute Gasteiger partial charge is 0.231 e. The van der Waals surface area contributed by atoms with E-state index in [1.807, 2.05) is 25.1 Å². The number of aromatic nitrogens is 4. The van der Waals surface area contributed by atoms with Crippen molar-refractivity contribution in [3.05, 3.63) is 23.8 Å². The molecule has 1 N–H and O–H groups in total. The summed E-state index contributed by atoms with van der Waals surface area (Å²) in [6.07, 6.45) is 0. The molecule has 2 heterocycles. The van der Waals surface area contributed by atoms with E-state index in [2.05, 4.69) is 20.8 Å². The first kappa shape index (κ1) is 14.6. The Morgan fingerprint density at radius 2 is 2.27 bits per heavy atom. The molecule has 1 aromatic heterocycles. The number of thioether (sulfide) groups is 1. The van der Waals surface area contributed by atoms with E-state index in [1.165, 1.54) is 16.4 Å². The quantitative estimate of drug-likeness (QED) is 0.818. The average molecular weight is 321 g/mol. The van der Waals surface area contributed by atoms with Gasteiger partial charge in [-0.15, -0.1) is 5.10 Å². The lowest BCUT2D eigenvalue weighted by molar-refractivity contribution is -0.119. The Morgan fingerprint density at radius 3 is 3.05 bits per heavy atom. The van der Waals surface area contributed by atoms with Gasteiger partial charge in [-0.05, 0) is 35.0 Å². The minimum absolute atomic E-state index is 0.0850. The Morgan fingerprint density at radius 1 is 1.45 bits per heavy atom. The molecule has 0 spiro atoms. The number of rotatable bonds is 5. The van der Waals surface area contributed by atoms with Crippen LogP contribution in [0, 0.1) is 0 Å². The van der Waals surface area contributed by atoms with Crippen molar-refractivity contribution in [3.63, 3.8) is 0 Å². The van der Waals surface area contributed by atoms with E-state index in [4.69, 9.17) is 9.47 Å². The number of hydrogen-bond donors (Lipinski definition) is 1. The first-order valence-electron chi connectivity index (χ1n) is 6.67. The van der Waals surface area contributed by atoms with Crippen LogP contribution in [0.2, 0.25) is 0 Å². The summed E-state index contributed by atoms with van der Waals surface area (Å²) >= 11 is 1.29. The minimum atomic E-state index is -0.125. The highest BCUT2D eigenvalue weighted by molar-refractivity contribution is 7.99. The summed E-state index contributed by atoms with van der Waals surface area (Å²) in [6, 6.07) is 5.52. The molecule has 1 unspecified atom stereocenters. The van der Waals surface area contributed by atoms with Crippen molar-refractivity contribution in [2.45, 2.75) is 18.1 Å². The number of nitrogens with zero attached hydrogens (tertiary/aromatic N) is 4. The van der Waals surface area contributed by atoms with Gasteiger partial charge in [0.05, 0.1) is 11.8 Å². The number of carbonyl (C=O) groups is 1. The van der Waals surface area contributed by atoms with Crippen LogP contribution in [0.25, 0.3) is 0 Å². The fourth-order valence-electron chi connectivity index (χ4n) is 2.02. The number of ether oxygens (including phenoxy) is 2. The van der Waals surface area contributed by atoms with Gasteiger partial charge in [-0.2, -0.15) is 0 Å². The topological polar surface area (TPSA) is 91.2 Å². The molecule has 8 nitrogen and oxygen atoms in total. The van der Waals surface area contributed by atoms with Gasteiger partial charge in [0, 0.05) is 7.05 Å². The van der Waals surface area contributed by atoms with Gasteiger partial charge in [0.15, 0.2) is 11.5 Å². The van der Waals surface area contributed by atoms with Crippen LogP contribution in [0.1, 0.15) is 18.5 Å². The molecule has 22 heavy (non-hydrogen) atoms. The molecule has 0 fully saturated rings. The van der Waals surface area contributed by atoms with Crippen LogP contribution in [0.5, 0.6) is 11.5 Å². The molecule has 0 saturated carbocycles. The van der Waals surface area contributed by atoms with Crippen molar-refractivity contribution in [1.82, 2.24) is 25.5 Å². The zero-order valence-electron chi connectivity index (χ0n) is 12.1. The maximum Gasteiger partial charge on any atom is 0.231 e. The van der Waals surface area contributed by atoms with E-state index in [1.54, 1.807) is 7.05 Å². The Kier molecular flexibility index (Phi) is 4.14. The summed E-state index contributed by atoms with van der Waals surface area (Å²) in [5.74, 6) is 1.60. The predicted octanol–water partition coefficient (Wildman–Crippen LogP) is 0.908. The van der Waals surface area contributed by atoms with E-state index >= 15 is 0 Å². The monoisotopic (exact) mass is 321 g/mol. The largest absolute Gasteiger partial charge is 0.454 e. The number of nitrogens with one attached hydrogen (secondary N) is 1. The lowest BCUT2D eigenvalue weighted by atomic mass is 10.1. The Balaban J connectivity index is 1.56. The number of tetrazole rings is 1. The van der Waals surface area contributed by atoms with Crippen molar-refractivity contribution >= 4 is 17.7 Å². The van der Waals surface area contributed by atoms with Crippen LogP contribution >= 0.6 is 11.8 Å². The third kappa shape index (κ3) is 3.14. The van der Waals surface area contributed by atoms with Crippen molar-refractivity contribution in [3.8, 4) is 11.5 Å². The fraction of sp³-hybridized carbons (Fsp3) is 0.385. The molecule has 0 saturated heterocycles. The molecule has 1 aliphatic heterocycles. The van der Waals surface area contributed by atoms with E-state index in [9.17, 15) is 4.79 Å². The number of benzene rings is 1. The summed E-state index contributed by atoms with van der Waals surface area (Å²) in [6.45, 7) is 2.16. The maximum atomic E-state index is 12.0. The molecule has 0 bridgehead atoms. The summed E-state index contributed by atoms with van der Waals surface area (Å²) in [4.78, 5) is 12.0. The first-order chi connectivity index (χ1) is 10.6. The van der Waals surface area contributed by atoms with Crippen LogP contribution in [-0.2, 0) is 11.8 Å². The fourth-order valence-corrected chi connectivity index (χ4v) is 2.68. The molecule has 1 aromatic carbocycles. The summed E-state index contributed by atoms with van der Waals surface area (Å²) in [5, 5.41) is 14.6. The Hall–Kier alpha value is -2.29. The van der Waals surface area contributed by atoms with Crippen LogP contribution in [0.15, 0.2) is 23.4 Å². The third-order valence-electron chi connectivity index (χ3n) is 3.19. The third-order valence-corrected chi connectivity index (χ3v) is 4.20. The van der Waals surface area contributed by atoms with Gasteiger partial charge in [0.2, 0.25) is 17.9 Å². The Labute approximate surface area is 131 Å². The highest BCUT2D eigenvalue weighted by atomic mass is 32.2. The second-order valence-corrected chi connectivity index (χ2v) is 5.72. The van der Waals surface area contributed by atoms with E-state index in [0.717, 1.165) is 11.3 Å². The number of hydrogen-bond acceptors (Lipinski definition) is 7. The summed E-state index contributed by atoms with van der Waals surface area (Å²) < 4.78 is 12.1. The lowest BCUT2D eigenvalue weighted by Gasteiger charge is -2.14. The second-order valence-electron chi connectivity index (χ2n) is 4.78. The zero-order chi connectivity index (χ0) is 15.5. The molecule has 0 aliphatic carbocycles. The van der Waals surface area contributed by atoms with Gasteiger partial charge in [0.1, 0.15) is 0 Å². The number of carbonyl (C=O) groups excluding carboxylic acids is 1. The van der Waals surface area contributed by atoms with E-state index in [0.29, 0.717) is 10.9 Å². The van der Waals surface area contributed by atoms with Gasteiger partial charge >= 0.3 is 0 Å². The van der Waals surface area contributed by atoms with Crippen molar-refractivity contribution < 1.29 is 14.3 Å². The Bertz CT molecular complexity index is 690. The van der Waals surface area contributed by atoms with Crippen LogP contribution in [0.4, 0.5) is 0 Å². The molecule has 9 heteroatoms. The molecule has 1 aliphatic rings. The van der Waals surface area contributed by atoms with Gasteiger partial charge in [0.25, 0.3) is 0 Å². The molecule has 116 valence electrons. The van der Waals surface area contributed by atoms with Gasteiger partial charge in [-0.25, -0.2) is 4.68 Å². The molecule has 1 atom stereocenters. The molecule has 0 radical (unpaired) electrons. The SMILES string of the molecule is CC(NC(=O)CSc1nnnn1C)c1ccc2c(c1)OCO2. The van der Waals surface area contributed by atoms with Crippen molar-refractivity contribution in [2.24, 2.45) is 7.05 Å². The molecule has 1 amide bonds. The van der Waals surface area contributed by atoms with Gasteiger partial charge in [-0.3, -0.25) is 4.79 Å². The standard InChI is InChI=1S/C13H15N5O3S/c1-8(9-3-4-10-11(5-9)21-7-20-10)14-12(19)6-22-13-15-16-17-18(13)2/h3-5,8H,6-7H2,1-2H3,(H,14,19). The van der Waals surface area contributed by atoms with E-state index < -0.39 is 0 Å². The summed E-state index contributed by atoms with van der Waals surface area (Å²) in [5.41, 5.74) is 0.961. The van der Waals surface area contributed by atoms with E-state index in [-0.39, 0.29) is 24.5 Å². The molecular weight excluding hydrogens is 306 g/mol. The van der Waals surface area contributed by atoms with Crippen LogP contribution in [-0.4, -0.2) is 38.7 Å². The van der Waals surface area contributed by atoms with Crippen LogP contribution in [0.3, 0.4) is 0 Å². The maximum absolute atomic E-state index is 12.0. The number of fused-ring (bicyclic) bond motifs is 1. The van der Waals surface area contributed by atoms with Gasteiger partial charge in [-0.1, -0.05) is 17.8 Å². The highest BCUT2D eigenvalue weighted by Crippen LogP contribution is 2.34.